The van der Waals surface area contributed by atoms with E-state index in [0.29, 0.717) is 29.0 Å². The van der Waals surface area contributed by atoms with Gasteiger partial charge >= 0.3 is 0 Å². The average Bonchev–Trinajstić information content (AvgIpc) is 2.88. The second kappa shape index (κ2) is 9.66. The summed E-state index contributed by atoms with van der Waals surface area (Å²) in [6, 6.07) is 14.8. The lowest BCUT2D eigenvalue weighted by atomic mass is 9.83. The molecule has 35 heavy (non-hydrogen) atoms. The Morgan fingerprint density at radius 1 is 1.06 bits per heavy atom. The van der Waals surface area contributed by atoms with Crippen LogP contribution in [0.15, 0.2) is 65.6 Å². The van der Waals surface area contributed by atoms with E-state index in [1.54, 1.807) is 38.6 Å². The Bertz CT molecular complexity index is 1320. The summed E-state index contributed by atoms with van der Waals surface area (Å²) in [6.07, 6.45) is 5.97. The fraction of sp³-hybridized carbons (Fsp3) is 0.296. The van der Waals surface area contributed by atoms with Crippen LogP contribution < -0.4 is 25.2 Å². The Kier molecular flexibility index (Phi) is 6.27. The molecule has 2 atom stereocenters. The summed E-state index contributed by atoms with van der Waals surface area (Å²) in [5, 5.41) is 2.85. The van der Waals surface area contributed by atoms with Gasteiger partial charge in [-0.1, -0.05) is 12.1 Å². The van der Waals surface area contributed by atoms with Gasteiger partial charge in [0.25, 0.3) is 5.56 Å². The smallest absolute Gasteiger partial charge is 0.250 e. The van der Waals surface area contributed by atoms with Gasteiger partial charge in [-0.15, -0.1) is 0 Å². The number of benzene rings is 1. The first-order valence-electron chi connectivity index (χ1n) is 11.7. The SMILES string of the molecule is COc1ccc(/C=C/C(=O)Nc2ccc(N3C[C@@H]4C[C@H](C3)c3cccc(=O)n3C4)nc2)cc1OC. The van der Waals surface area contributed by atoms with Gasteiger partial charge in [-0.25, -0.2) is 4.98 Å². The maximum Gasteiger partial charge on any atom is 0.250 e. The summed E-state index contributed by atoms with van der Waals surface area (Å²) < 4.78 is 12.5. The third-order valence-corrected chi connectivity index (χ3v) is 6.65. The van der Waals surface area contributed by atoms with Crippen molar-refractivity contribution in [2.45, 2.75) is 18.9 Å². The number of ether oxygens (including phenoxy) is 2. The summed E-state index contributed by atoms with van der Waals surface area (Å²) >= 11 is 0. The van der Waals surface area contributed by atoms with E-state index in [1.165, 1.54) is 6.08 Å². The molecule has 3 aromatic rings. The van der Waals surface area contributed by atoms with Crippen molar-refractivity contribution in [2.75, 3.05) is 37.5 Å². The number of aromatic nitrogens is 2. The van der Waals surface area contributed by atoms with Crippen molar-refractivity contribution in [2.24, 2.45) is 5.92 Å². The summed E-state index contributed by atoms with van der Waals surface area (Å²) in [5.74, 6) is 2.61. The summed E-state index contributed by atoms with van der Waals surface area (Å²) in [7, 11) is 3.16. The van der Waals surface area contributed by atoms with E-state index in [9.17, 15) is 9.59 Å². The van der Waals surface area contributed by atoms with Crippen LogP contribution >= 0.6 is 0 Å². The van der Waals surface area contributed by atoms with Gasteiger partial charge < -0.3 is 24.3 Å². The molecule has 0 radical (unpaired) electrons. The molecule has 1 amide bonds. The molecule has 8 heteroatoms. The Morgan fingerprint density at radius 2 is 1.91 bits per heavy atom. The molecule has 2 aromatic heterocycles. The van der Waals surface area contributed by atoms with Crippen LogP contribution in [0.1, 0.15) is 23.6 Å². The third kappa shape index (κ3) is 4.77. The first kappa shape index (κ1) is 22.7. The van der Waals surface area contributed by atoms with Gasteiger partial charge in [-0.3, -0.25) is 9.59 Å². The molecule has 2 bridgehead atoms. The predicted molar refractivity (Wildman–Crippen MR) is 135 cm³/mol. The van der Waals surface area contributed by atoms with E-state index >= 15 is 0 Å². The van der Waals surface area contributed by atoms with Crippen molar-refractivity contribution in [3.8, 4) is 11.5 Å². The number of amides is 1. The first-order valence-corrected chi connectivity index (χ1v) is 11.7. The number of anilines is 2. The number of rotatable bonds is 6. The number of carbonyl (C=O) groups excluding carboxylic acids is 1. The van der Waals surface area contributed by atoms with Gasteiger partial charge in [0.1, 0.15) is 5.82 Å². The third-order valence-electron chi connectivity index (χ3n) is 6.65. The molecular weight excluding hydrogens is 444 g/mol. The zero-order valence-corrected chi connectivity index (χ0v) is 19.8. The highest BCUT2D eigenvalue weighted by Gasteiger charge is 2.34. The molecule has 2 aliphatic heterocycles. The Balaban J connectivity index is 1.22. The molecule has 1 fully saturated rings. The second-order valence-corrected chi connectivity index (χ2v) is 8.95. The van der Waals surface area contributed by atoms with Crippen LogP contribution in [0.25, 0.3) is 6.08 Å². The standard InChI is InChI=1S/C27H28N4O4/c1-34-23-9-6-18(13-24(23)35-2)7-11-26(32)29-21-8-10-25(28-14-21)30-15-19-12-20(17-30)22-4-3-5-27(33)31(22)16-19/h3-11,13-14,19-20H,12,15-17H2,1-2H3,(H,29,32)/b11-7+/t19-,20+/m0/s1. The summed E-state index contributed by atoms with van der Waals surface area (Å²) in [5.41, 5.74) is 2.66. The van der Waals surface area contributed by atoms with Crippen LogP contribution in [-0.2, 0) is 11.3 Å². The molecule has 0 spiro atoms. The Labute approximate surface area is 203 Å². The van der Waals surface area contributed by atoms with Crippen LogP contribution in [0.2, 0.25) is 0 Å². The lowest BCUT2D eigenvalue weighted by Crippen LogP contribution is -2.47. The molecule has 8 nitrogen and oxygen atoms in total. The van der Waals surface area contributed by atoms with E-state index in [2.05, 4.69) is 21.3 Å². The number of carbonyl (C=O) groups is 1. The molecular formula is C27H28N4O4. The molecule has 2 aliphatic rings. The number of fused-ring (bicyclic) bond motifs is 4. The highest BCUT2D eigenvalue weighted by atomic mass is 16.5. The normalized spacial score (nSPS) is 18.7. The number of pyridine rings is 2. The molecule has 180 valence electrons. The largest absolute Gasteiger partial charge is 0.493 e. The maximum absolute atomic E-state index is 12.4. The lowest BCUT2D eigenvalue weighted by Gasteiger charge is -2.43. The zero-order valence-electron chi connectivity index (χ0n) is 19.8. The number of nitrogens with one attached hydrogen (secondary N) is 1. The number of hydrogen-bond donors (Lipinski definition) is 1. The van der Waals surface area contributed by atoms with Gasteiger partial charge in [0.05, 0.1) is 26.1 Å². The van der Waals surface area contributed by atoms with Gasteiger partial charge in [0.15, 0.2) is 11.5 Å². The van der Waals surface area contributed by atoms with Crippen molar-refractivity contribution in [1.82, 2.24) is 9.55 Å². The van der Waals surface area contributed by atoms with Crippen LogP contribution in [-0.4, -0.2) is 42.8 Å². The highest BCUT2D eigenvalue weighted by Crippen LogP contribution is 2.36. The Morgan fingerprint density at radius 3 is 2.69 bits per heavy atom. The van der Waals surface area contributed by atoms with Gasteiger partial charge in [0, 0.05) is 43.4 Å². The van der Waals surface area contributed by atoms with Crippen molar-refractivity contribution < 1.29 is 14.3 Å². The second-order valence-electron chi connectivity index (χ2n) is 8.95. The number of hydrogen-bond acceptors (Lipinski definition) is 6. The van der Waals surface area contributed by atoms with Crippen LogP contribution in [0.3, 0.4) is 0 Å². The number of nitrogens with zero attached hydrogens (tertiary/aromatic N) is 3. The lowest BCUT2D eigenvalue weighted by molar-refractivity contribution is -0.111. The van der Waals surface area contributed by atoms with E-state index in [1.807, 2.05) is 34.9 Å². The van der Waals surface area contributed by atoms with Crippen molar-refractivity contribution in [3.05, 3.63) is 82.4 Å². The molecule has 0 aliphatic carbocycles. The van der Waals surface area contributed by atoms with Crippen LogP contribution in [0.5, 0.6) is 11.5 Å². The molecule has 5 rings (SSSR count). The number of methoxy groups -OCH3 is 2. The molecule has 0 saturated carbocycles. The van der Waals surface area contributed by atoms with E-state index in [-0.39, 0.29) is 11.5 Å². The minimum atomic E-state index is -0.246. The quantitative estimate of drug-likeness (QED) is 0.553. The first-order chi connectivity index (χ1) is 17.0. The zero-order chi connectivity index (χ0) is 24.4. The molecule has 4 heterocycles. The Hall–Kier alpha value is -4.07. The van der Waals surface area contributed by atoms with Gasteiger partial charge in [-0.05, 0) is 54.3 Å². The number of piperidine rings is 1. The fourth-order valence-corrected chi connectivity index (χ4v) is 5.04. The monoisotopic (exact) mass is 472 g/mol. The molecule has 1 saturated heterocycles. The van der Waals surface area contributed by atoms with Crippen molar-refractivity contribution in [3.63, 3.8) is 0 Å². The van der Waals surface area contributed by atoms with Crippen LogP contribution in [0, 0.1) is 5.92 Å². The van der Waals surface area contributed by atoms with E-state index in [4.69, 9.17) is 9.47 Å². The topological polar surface area (TPSA) is 85.7 Å². The van der Waals surface area contributed by atoms with Gasteiger partial charge in [0.2, 0.25) is 5.91 Å². The molecule has 1 aromatic carbocycles. The minimum absolute atomic E-state index is 0.0871. The summed E-state index contributed by atoms with van der Waals surface area (Å²) in [4.78, 5) is 31.5. The van der Waals surface area contributed by atoms with Crippen molar-refractivity contribution in [1.29, 1.82) is 0 Å². The molecule has 1 N–H and O–H groups in total. The predicted octanol–water partition coefficient (Wildman–Crippen LogP) is 3.54. The van der Waals surface area contributed by atoms with E-state index in [0.717, 1.165) is 43.1 Å². The van der Waals surface area contributed by atoms with E-state index < -0.39 is 0 Å². The molecule has 0 unspecified atom stereocenters. The minimum Gasteiger partial charge on any atom is -0.493 e. The summed E-state index contributed by atoms with van der Waals surface area (Å²) in [6.45, 7) is 2.44. The fourth-order valence-electron chi connectivity index (χ4n) is 5.04. The van der Waals surface area contributed by atoms with Gasteiger partial charge in [-0.2, -0.15) is 0 Å². The highest BCUT2D eigenvalue weighted by molar-refractivity contribution is 6.01. The van der Waals surface area contributed by atoms with Crippen molar-refractivity contribution >= 4 is 23.5 Å². The van der Waals surface area contributed by atoms with Crippen LogP contribution in [0.4, 0.5) is 11.5 Å². The maximum atomic E-state index is 12.4. The average molecular weight is 473 g/mol.